The predicted molar refractivity (Wildman–Crippen MR) is 130 cm³/mol. The SMILES string of the molecule is CCCCNC(=O)OC(CN1CCN(c2ccccn2)CC1)Cn1c(O)c2c(c1O)CCCC2. The summed E-state index contributed by atoms with van der Waals surface area (Å²) in [5, 5.41) is 24.4. The van der Waals surface area contributed by atoms with E-state index >= 15 is 0 Å². The van der Waals surface area contributed by atoms with Gasteiger partial charge < -0.3 is 25.2 Å². The second-order valence-electron chi connectivity index (χ2n) is 9.21. The lowest BCUT2D eigenvalue weighted by molar-refractivity contribution is 0.0558. The van der Waals surface area contributed by atoms with Crippen LogP contribution in [0.3, 0.4) is 0 Å². The smallest absolute Gasteiger partial charge is 0.407 e. The number of hydrogen-bond acceptors (Lipinski definition) is 7. The highest BCUT2D eigenvalue weighted by atomic mass is 16.6. The molecule has 1 aliphatic carbocycles. The summed E-state index contributed by atoms with van der Waals surface area (Å²) < 4.78 is 7.31. The van der Waals surface area contributed by atoms with Crippen LogP contribution in [-0.2, 0) is 24.1 Å². The molecule has 2 aliphatic rings. The zero-order valence-corrected chi connectivity index (χ0v) is 20.1. The molecule has 186 valence electrons. The van der Waals surface area contributed by atoms with Crippen LogP contribution in [0.25, 0.3) is 0 Å². The highest BCUT2D eigenvalue weighted by Crippen LogP contribution is 2.38. The molecule has 4 rings (SSSR count). The number of alkyl carbamates (subject to hydrolysis) is 1. The molecule has 0 aromatic carbocycles. The Bertz CT molecular complexity index is 911. The summed E-state index contributed by atoms with van der Waals surface area (Å²) in [5.41, 5.74) is 1.66. The van der Waals surface area contributed by atoms with Crippen LogP contribution in [-0.4, -0.2) is 76.1 Å². The van der Waals surface area contributed by atoms with Crippen molar-refractivity contribution in [3.63, 3.8) is 0 Å². The number of hydrogen-bond donors (Lipinski definition) is 3. The second kappa shape index (κ2) is 11.5. The van der Waals surface area contributed by atoms with Gasteiger partial charge in [0.1, 0.15) is 11.9 Å². The van der Waals surface area contributed by atoms with Crippen LogP contribution < -0.4 is 10.2 Å². The first kappa shape index (κ1) is 24.2. The van der Waals surface area contributed by atoms with Gasteiger partial charge in [-0.2, -0.15) is 0 Å². The van der Waals surface area contributed by atoms with Gasteiger partial charge in [-0.3, -0.25) is 9.47 Å². The Labute approximate surface area is 201 Å². The molecule has 0 spiro atoms. The van der Waals surface area contributed by atoms with Crippen molar-refractivity contribution in [2.45, 2.75) is 58.1 Å². The third-order valence-electron chi connectivity index (χ3n) is 6.79. The van der Waals surface area contributed by atoms with E-state index in [2.05, 4.69) is 27.0 Å². The van der Waals surface area contributed by atoms with Gasteiger partial charge in [-0.25, -0.2) is 9.78 Å². The number of rotatable bonds is 9. The number of nitrogens with zero attached hydrogens (tertiary/aromatic N) is 4. The summed E-state index contributed by atoms with van der Waals surface area (Å²) in [5.74, 6) is 1.18. The number of ether oxygens (including phenoxy) is 1. The molecule has 9 nitrogen and oxygen atoms in total. The number of carbonyl (C=O) groups excluding carboxylic acids is 1. The monoisotopic (exact) mass is 471 g/mol. The van der Waals surface area contributed by atoms with Gasteiger partial charge in [0, 0.05) is 56.6 Å². The van der Waals surface area contributed by atoms with Crippen molar-refractivity contribution < 1.29 is 19.7 Å². The lowest BCUT2D eigenvalue weighted by atomic mass is 9.95. The number of carbonyl (C=O) groups is 1. The molecule has 2 aromatic rings. The number of unbranched alkanes of at least 4 members (excludes halogenated alkanes) is 1. The fourth-order valence-electron chi connectivity index (χ4n) is 4.88. The number of fused-ring (bicyclic) bond motifs is 1. The summed E-state index contributed by atoms with van der Waals surface area (Å²) in [6.07, 6.45) is 6.25. The number of amides is 1. The van der Waals surface area contributed by atoms with Crippen molar-refractivity contribution in [2.75, 3.05) is 44.2 Å². The molecule has 3 heterocycles. The third kappa shape index (κ3) is 5.75. The van der Waals surface area contributed by atoms with E-state index in [-0.39, 0.29) is 18.3 Å². The molecular weight excluding hydrogens is 434 g/mol. The summed E-state index contributed by atoms with van der Waals surface area (Å²) in [7, 11) is 0. The minimum Gasteiger partial charge on any atom is -0.494 e. The Morgan fingerprint density at radius 1 is 1.09 bits per heavy atom. The van der Waals surface area contributed by atoms with E-state index in [1.54, 1.807) is 6.20 Å². The number of anilines is 1. The first-order valence-electron chi connectivity index (χ1n) is 12.5. The summed E-state index contributed by atoms with van der Waals surface area (Å²) in [6.45, 7) is 6.67. The Hall–Kier alpha value is -2.94. The molecule has 1 atom stereocenters. The van der Waals surface area contributed by atoms with E-state index in [1.807, 2.05) is 18.2 Å². The van der Waals surface area contributed by atoms with Gasteiger partial charge >= 0.3 is 6.09 Å². The Kier molecular flexibility index (Phi) is 8.16. The predicted octanol–water partition coefficient (Wildman–Crippen LogP) is 2.89. The molecule has 1 fully saturated rings. The standard InChI is InChI=1S/C25H37N5O4/c1-2-3-11-27-25(33)34-19(18-30-23(31)20-8-4-5-9-21(20)24(30)32)17-28-13-15-29(16-14-28)22-10-6-7-12-26-22/h6-7,10,12,19,31-32H,2-5,8-9,11,13-18H2,1H3,(H,27,33). The molecule has 0 saturated carbocycles. The molecule has 3 N–H and O–H groups in total. The van der Waals surface area contributed by atoms with Crippen LogP contribution >= 0.6 is 0 Å². The number of aromatic hydroxyl groups is 2. The van der Waals surface area contributed by atoms with Crippen molar-refractivity contribution in [3.05, 3.63) is 35.5 Å². The molecule has 0 bridgehead atoms. The highest BCUT2D eigenvalue weighted by molar-refractivity contribution is 5.67. The maximum Gasteiger partial charge on any atom is 0.407 e. The van der Waals surface area contributed by atoms with Crippen LogP contribution in [0.5, 0.6) is 11.8 Å². The van der Waals surface area contributed by atoms with Crippen molar-refractivity contribution in [3.8, 4) is 11.8 Å². The van der Waals surface area contributed by atoms with E-state index in [0.717, 1.165) is 81.6 Å². The largest absolute Gasteiger partial charge is 0.494 e. The van der Waals surface area contributed by atoms with Crippen LogP contribution in [0.1, 0.15) is 43.7 Å². The third-order valence-corrected chi connectivity index (χ3v) is 6.79. The zero-order valence-electron chi connectivity index (χ0n) is 20.1. The van der Waals surface area contributed by atoms with Crippen LogP contribution in [0.2, 0.25) is 0 Å². The average Bonchev–Trinajstić information content (AvgIpc) is 3.10. The second-order valence-corrected chi connectivity index (χ2v) is 9.21. The highest BCUT2D eigenvalue weighted by Gasteiger charge is 2.29. The van der Waals surface area contributed by atoms with E-state index in [1.165, 1.54) is 4.57 Å². The van der Waals surface area contributed by atoms with Crippen molar-refractivity contribution in [2.24, 2.45) is 0 Å². The van der Waals surface area contributed by atoms with Crippen LogP contribution in [0.15, 0.2) is 24.4 Å². The maximum absolute atomic E-state index is 12.5. The van der Waals surface area contributed by atoms with Gasteiger partial charge in [-0.1, -0.05) is 19.4 Å². The van der Waals surface area contributed by atoms with Crippen molar-refractivity contribution in [1.82, 2.24) is 19.8 Å². The fraction of sp³-hybridized carbons (Fsp3) is 0.600. The molecule has 9 heteroatoms. The van der Waals surface area contributed by atoms with Gasteiger partial charge in [0.15, 0.2) is 11.8 Å². The molecular formula is C25H37N5O4. The molecule has 1 aliphatic heterocycles. The van der Waals surface area contributed by atoms with Gasteiger partial charge in [0.25, 0.3) is 0 Å². The number of nitrogens with one attached hydrogen (secondary N) is 1. The zero-order chi connectivity index (χ0) is 23.9. The Balaban J connectivity index is 1.42. The van der Waals surface area contributed by atoms with E-state index < -0.39 is 12.2 Å². The van der Waals surface area contributed by atoms with E-state index in [9.17, 15) is 15.0 Å². The van der Waals surface area contributed by atoms with Crippen LogP contribution in [0, 0.1) is 0 Å². The Morgan fingerprint density at radius 2 is 1.79 bits per heavy atom. The topological polar surface area (TPSA) is 103 Å². The van der Waals surface area contributed by atoms with Gasteiger partial charge in [-0.15, -0.1) is 0 Å². The number of aromatic nitrogens is 2. The van der Waals surface area contributed by atoms with Crippen molar-refractivity contribution >= 4 is 11.9 Å². The van der Waals surface area contributed by atoms with E-state index in [4.69, 9.17) is 4.74 Å². The van der Waals surface area contributed by atoms with Gasteiger partial charge in [0.2, 0.25) is 0 Å². The molecule has 34 heavy (non-hydrogen) atoms. The lowest BCUT2D eigenvalue weighted by Gasteiger charge is -2.36. The Morgan fingerprint density at radius 3 is 2.41 bits per heavy atom. The number of pyridine rings is 1. The molecule has 2 aromatic heterocycles. The average molecular weight is 472 g/mol. The molecule has 1 saturated heterocycles. The van der Waals surface area contributed by atoms with Crippen LogP contribution in [0.4, 0.5) is 10.6 Å². The summed E-state index contributed by atoms with van der Waals surface area (Å²) in [4.78, 5) is 21.4. The molecule has 1 unspecified atom stereocenters. The minimum absolute atomic E-state index is 0.104. The fourth-order valence-corrected chi connectivity index (χ4v) is 4.88. The molecule has 1 amide bonds. The quantitative estimate of drug-likeness (QED) is 0.483. The van der Waals surface area contributed by atoms with Gasteiger partial charge in [0.05, 0.1) is 6.54 Å². The minimum atomic E-state index is -0.506. The summed E-state index contributed by atoms with van der Waals surface area (Å²) in [6, 6.07) is 5.92. The number of piperazine rings is 1. The lowest BCUT2D eigenvalue weighted by Crippen LogP contribution is -2.50. The first-order valence-corrected chi connectivity index (χ1v) is 12.5. The molecule has 0 radical (unpaired) electrons. The summed E-state index contributed by atoms with van der Waals surface area (Å²) >= 11 is 0. The van der Waals surface area contributed by atoms with E-state index in [0.29, 0.717) is 13.1 Å². The van der Waals surface area contributed by atoms with Gasteiger partial charge in [-0.05, 0) is 44.2 Å². The normalized spacial score (nSPS) is 17.3. The first-order chi connectivity index (χ1) is 16.6. The van der Waals surface area contributed by atoms with Crippen molar-refractivity contribution in [1.29, 1.82) is 0 Å². The maximum atomic E-state index is 12.5.